The van der Waals surface area contributed by atoms with Gasteiger partial charge in [0.25, 0.3) is 5.56 Å². The van der Waals surface area contributed by atoms with Gasteiger partial charge in [0.2, 0.25) is 0 Å². The van der Waals surface area contributed by atoms with Crippen molar-refractivity contribution in [3.05, 3.63) is 70.0 Å². The van der Waals surface area contributed by atoms with E-state index in [2.05, 4.69) is 53.0 Å². The number of hydrogen-bond donors (Lipinski definition) is 2. The molecule has 3 aromatic rings. The third kappa shape index (κ3) is 6.74. The first kappa shape index (κ1) is 26.5. The number of ether oxygens (including phenoxy) is 2. The number of hydrogen-bond acceptors (Lipinski definition) is 5. The quantitative estimate of drug-likeness (QED) is 0.383. The molecule has 1 atom stereocenters. The zero-order valence-electron chi connectivity index (χ0n) is 21.3. The van der Waals surface area contributed by atoms with Gasteiger partial charge in [-0.1, -0.05) is 44.2 Å². The lowest BCUT2D eigenvalue weighted by atomic mass is 10.1. The molecule has 0 aliphatic heterocycles. The van der Waals surface area contributed by atoms with Gasteiger partial charge in [-0.05, 0) is 49.9 Å². The number of fused-ring (bicyclic) bond motifs is 1. The fourth-order valence-corrected chi connectivity index (χ4v) is 4.39. The SMILES string of the molecule is CCN(CC)CCN(Cc1cc2cc(OC)c(OC)cc2[nH]c1=O)C(=S)NC(C)c1ccccc1. The van der Waals surface area contributed by atoms with E-state index in [9.17, 15) is 4.79 Å². The second kappa shape index (κ2) is 12.6. The molecule has 7 nitrogen and oxygen atoms in total. The lowest BCUT2D eigenvalue weighted by molar-refractivity contribution is 0.262. The molecule has 0 aliphatic carbocycles. The molecule has 1 unspecified atom stereocenters. The van der Waals surface area contributed by atoms with Crippen LogP contribution < -0.4 is 20.3 Å². The molecule has 0 bridgehead atoms. The highest BCUT2D eigenvalue weighted by molar-refractivity contribution is 7.80. The Labute approximate surface area is 213 Å². The molecule has 8 heteroatoms. The Balaban J connectivity index is 1.88. The summed E-state index contributed by atoms with van der Waals surface area (Å²) in [5, 5.41) is 4.95. The van der Waals surface area contributed by atoms with Crippen molar-refractivity contribution in [1.82, 2.24) is 20.1 Å². The van der Waals surface area contributed by atoms with E-state index in [1.165, 1.54) is 0 Å². The molecule has 0 spiro atoms. The Hall–Kier alpha value is -3.10. The first-order valence-corrected chi connectivity index (χ1v) is 12.4. The van der Waals surface area contributed by atoms with Crippen LogP contribution >= 0.6 is 12.2 Å². The maximum atomic E-state index is 13.0. The van der Waals surface area contributed by atoms with Crippen LogP contribution in [0, 0.1) is 0 Å². The zero-order valence-corrected chi connectivity index (χ0v) is 22.1. The molecule has 2 aromatic carbocycles. The van der Waals surface area contributed by atoms with Crippen molar-refractivity contribution in [2.75, 3.05) is 40.4 Å². The maximum absolute atomic E-state index is 13.0. The van der Waals surface area contributed by atoms with Gasteiger partial charge in [-0.25, -0.2) is 0 Å². The monoisotopic (exact) mass is 496 g/mol. The van der Waals surface area contributed by atoms with Crippen molar-refractivity contribution in [2.24, 2.45) is 0 Å². The number of aromatic nitrogens is 1. The van der Waals surface area contributed by atoms with Crippen molar-refractivity contribution in [3.63, 3.8) is 0 Å². The number of H-pyrrole nitrogens is 1. The molecular formula is C27H36N4O3S. The summed E-state index contributed by atoms with van der Waals surface area (Å²) in [7, 11) is 3.18. The first-order chi connectivity index (χ1) is 16.9. The fourth-order valence-electron chi connectivity index (χ4n) is 4.06. The van der Waals surface area contributed by atoms with E-state index in [0.717, 1.165) is 30.6 Å². The summed E-state index contributed by atoms with van der Waals surface area (Å²) in [5.41, 5.74) is 2.35. The molecule has 188 valence electrons. The van der Waals surface area contributed by atoms with Gasteiger partial charge in [-0.15, -0.1) is 0 Å². The van der Waals surface area contributed by atoms with Crippen molar-refractivity contribution in [1.29, 1.82) is 0 Å². The number of pyridine rings is 1. The van der Waals surface area contributed by atoms with E-state index in [0.29, 0.717) is 40.8 Å². The Morgan fingerprint density at radius 2 is 1.69 bits per heavy atom. The third-order valence-corrected chi connectivity index (χ3v) is 6.67. The number of thiocarbonyl (C=S) groups is 1. The second-order valence-electron chi connectivity index (χ2n) is 8.45. The Kier molecular flexibility index (Phi) is 9.51. The van der Waals surface area contributed by atoms with Gasteiger partial charge >= 0.3 is 0 Å². The van der Waals surface area contributed by atoms with E-state index in [1.54, 1.807) is 20.3 Å². The van der Waals surface area contributed by atoms with Crippen molar-refractivity contribution >= 4 is 28.2 Å². The van der Waals surface area contributed by atoms with Crippen LogP contribution in [0.15, 0.2) is 53.3 Å². The molecule has 1 heterocycles. The topological polar surface area (TPSA) is 69.8 Å². The van der Waals surface area contributed by atoms with Crippen LogP contribution in [0.1, 0.15) is 37.9 Å². The summed E-state index contributed by atoms with van der Waals surface area (Å²) in [5.74, 6) is 1.19. The van der Waals surface area contributed by atoms with Crippen LogP contribution in [-0.4, -0.2) is 60.3 Å². The van der Waals surface area contributed by atoms with Crippen LogP contribution in [0.2, 0.25) is 0 Å². The van der Waals surface area contributed by atoms with Gasteiger partial charge in [0.1, 0.15) is 0 Å². The summed E-state index contributed by atoms with van der Waals surface area (Å²) in [4.78, 5) is 20.4. The van der Waals surface area contributed by atoms with Crippen LogP contribution in [0.25, 0.3) is 10.9 Å². The van der Waals surface area contributed by atoms with E-state index >= 15 is 0 Å². The highest BCUT2D eigenvalue weighted by atomic mass is 32.1. The number of likely N-dealkylation sites (N-methyl/N-ethyl adjacent to an activating group) is 1. The fraction of sp³-hybridized carbons (Fsp3) is 0.407. The van der Waals surface area contributed by atoms with Gasteiger partial charge < -0.3 is 29.6 Å². The minimum Gasteiger partial charge on any atom is -0.493 e. The average Bonchev–Trinajstić information content (AvgIpc) is 2.88. The molecule has 35 heavy (non-hydrogen) atoms. The molecule has 0 aliphatic rings. The molecule has 0 saturated carbocycles. The summed E-state index contributed by atoms with van der Waals surface area (Å²) >= 11 is 5.83. The van der Waals surface area contributed by atoms with E-state index in [1.807, 2.05) is 30.3 Å². The molecular weight excluding hydrogens is 460 g/mol. The molecule has 1 aromatic heterocycles. The summed E-state index contributed by atoms with van der Waals surface area (Å²) in [6, 6.07) is 15.8. The van der Waals surface area contributed by atoms with Crippen LogP contribution in [0.4, 0.5) is 0 Å². The Morgan fingerprint density at radius 1 is 1.03 bits per heavy atom. The number of methoxy groups -OCH3 is 2. The predicted octanol–water partition coefficient (Wildman–Crippen LogP) is 4.32. The van der Waals surface area contributed by atoms with Gasteiger partial charge in [0.05, 0.1) is 32.3 Å². The highest BCUT2D eigenvalue weighted by Crippen LogP contribution is 2.31. The largest absolute Gasteiger partial charge is 0.493 e. The van der Waals surface area contributed by atoms with E-state index in [-0.39, 0.29) is 11.6 Å². The average molecular weight is 497 g/mol. The summed E-state index contributed by atoms with van der Waals surface area (Å²) < 4.78 is 10.8. The molecule has 3 rings (SSSR count). The van der Waals surface area contributed by atoms with E-state index < -0.39 is 0 Å². The molecule has 0 amide bonds. The molecule has 0 radical (unpaired) electrons. The van der Waals surface area contributed by atoms with Crippen LogP contribution in [-0.2, 0) is 6.54 Å². The standard InChI is InChI=1S/C27H36N4O3S/c1-6-30(7-2)13-14-31(27(35)28-19(3)20-11-9-8-10-12-20)18-22-15-21-16-24(33-4)25(34-5)17-23(21)29-26(22)32/h8-12,15-17,19H,6-7,13-14,18H2,1-5H3,(H,28,35)(H,29,32). The number of benzene rings is 2. The highest BCUT2D eigenvalue weighted by Gasteiger charge is 2.17. The summed E-state index contributed by atoms with van der Waals surface area (Å²) in [6.45, 7) is 10.3. The minimum absolute atomic E-state index is 0.0475. The van der Waals surface area contributed by atoms with Crippen molar-refractivity contribution in [2.45, 2.75) is 33.4 Å². The molecule has 0 saturated heterocycles. The maximum Gasteiger partial charge on any atom is 0.253 e. The normalized spacial score (nSPS) is 11.9. The van der Waals surface area contributed by atoms with Gasteiger partial charge in [-0.3, -0.25) is 4.79 Å². The number of aromatic amines is 1. The smallest absolute Gasteiger partial charge is 0.253 e. The van der Waals surface area contributed by atoms with Crippen LogP contribution in [0.5, 0.6) is 11.5 Å². The van der Waals surface area contributed by atoms with Crippen LogP contribution in [0.3, 0.4) is 0 Å². The van der Waals surface area contributed by atoms with Gasteiger partial charge in [0, 0.05) is 30.1 Å². The predicted molar refractivity (Wildman–Crippen MR) is 146 cm³/mol. The first-order valence-electron chi connectivity index (χ1n) is 12.0. The zero-order chi connectivity index (χ0) is 25.4. The number of rotatable bonds is 11. The Bertz CT molecular complexity index is 1180. The lowest BCUT2D eigenvalue weighted by Crippen LogP contribution is -2.44. The number of nitrogens with one attached hydrogen (secondary N) is 2. The van der Waals surface area contributed by atoms with E-state index in [4.69, 9.17) is 21.7 Å². The number of nitrogens with zero attached hydrogens (tertiary/aromatic N) is 2. The molecule has 0 fully saturated rings. The lowest BCUT2D eigenvalue weighted by Gasteiger charge is -2.30. The third-order valence-electron chi connectivity index (χ3n) is 6.29. The van der Waals surface area contributed by atoms with Gasteiger partial charge in [-0.2, -0.15) is 0 Å². The molecule has 2 N–H and O–H groups in total. The minimum atomic E-state index is -0.142. The Morgan fingerprint density at radius 3 is 2.31 bits per heavy atom. The second-order valence-corrected chi connectivity index (χ2v) is 8.84. The van der Waals surface area contributed by atoms with Gasteiger partial charge in [0.15, 0.2) is 16.6 Å². The van der Waals surface area contributed by atoms with Crippen molar-refractivity contribution in [3.8, 4) is 11.5 Å². The summed E-state index contributed by atoms with van der Waals surface area (Å²) in [6.07, 6.45) is 0. The van der Waals surface area contributed by atoms with Crippen molar-refractivity contribution < 1.29 is 9.47 Å².